The van der Waals surface area contributed by atoms with Crippen LogP contribution in [0.2, 0.25) is 5.02 Å². The SMILES string of the molecule is CCCCCCC1(CCCCCC)COC(=O)C12CCC(OCNc1ccc(-c3nc4c(Cl)c(C(C)(C)C)[nH]n4n3)cc1)CC2. The highest BCUT2D eigenvalue weighted by molar-refractivity contribution is 6.34. The van der Waals surface area contributed by atoms with Crippen molar-refractivity contribution in [2.45, 2.75) is 136 Å². The van der Waals surface area contributed by atoms with Crippen LogP contribution >= 0.6 is 11.6 Å². The summed E-state index contributed by atoms with van der Waals surface area (Å²) >= 11 is 6.61. The largest absolute Gasteiger partial charge is 0.465 e. The number of anilines is 1. The second kappa shape index (κ2) is 14.5. The molecule has 0 amide bonds. The first-order valence-electron chi connectivity index (χ1n) is 17.4. The molecule has 9 heteroatoms. The predicted molar refractivity (Wildman–Crippen MR) is 182 cm³/mol. The Morgan fingerprint density at radius 1 is 1.02 bits per heavy atom. The van der Waals surface area contributed by atoms with Crippen molar-refractivity contribution in [3.63, 3.8) is 0 Å². The average Bonchev–Trinajstić information content (AvgIpc) is 3.67. The van der Waals surface area contributed by atoms with Crippen molar-refractivity contribution in [2.75, 3.05) is 18.7 Å². The maximum atomic E-state index is 13.4. The highest BCUT2D eigenvalue weighted by atomic mass is 35.5. The minimum Gasteiger partial charge on any atom is -0.465 e. The summed E-state index contributed by atoms with van der Waals surface area (Å²) in [5.41, 5.74) is 2.99. The maximum Gasteiger partial charge on any atom is 0.312 e. The fourth-order valence-corrected chi connectivity index (χ4v) is 8.06. The van der Waals surface area contributed by atoms with E-state index in [4.69, 9.17) is 21.1 Å². The molecule has 0 radical (unpaired) electrons. The number of aromatic nitrogens is 4. The number of aromatic amines is 1. The molecule has 3 aromatic rings. The first-order chi connectivity index (χ1) is 21.6. The monoisotopic (exact) mass is 639 g/mol. The van der Waals surface area contributed by atoms with Gasteiger partial charge in [-0.05, 0) is 62.8 Å². The van der Waals surface area contributed by atoms with Gasteiger partial charge in [0.1, 0.15) is 11.8 Å². The van der Waals surface area contributed by atoms with Gasteiger partial charge in [-0.1, -0.05) is 97.6 Å². The van der Waals surface area contributed by atoms with Crippen molar-refractivity contribution in [1.29, 1.82) is 0 Å². The molecule has 1 spiro atoms. The average molecular weight is 640 g/mol. The summed E-state index contributed by atoms with van der Waals surface area (Å²) in [5, 5.41) is 11.9. The van der Waals surface area contributed by atoms with Gasteiger partial charge in [-0.15, -0.1) is 5.10 Å². The van der Waals surface area contributed by atoms with Gasteiger partial charge in [0.15, 0.2) is 11.5 Å². The van der Waals surface area contributed by atoms with Crippen LogP contribution in [0, 0.1) is 10.8 Å². The lowest BCUT2D eigenvalue weighted by atomic mass is 9.55. The number of ether oxygens (including phenoxy) is 2. The van der Waals surface area contributed by atoms with Gasteiger partial charge < -0.3 is 14.8 Å². The Bertz CT molecular complexity index is 1390. The van der Waals surface area contributed by atoms with E-state index in [-0.39, 0.29) is 28.3 Å². The number of unbranched alkanes of at least 4 members (excludes halogenated alkanes) is 6. The summed E-state index contributed by atoms with van der Waals surface area (Å²) in [4.78, 5) is 18.1. The Kier molecular flexibility index (Phi) is 10.8. The lowest BCUT2D eigenvalue weighted by Gasteiger charge is -2.46. The lowest BCUT2D eigenvalue weighted by Crippen LogP contribution is -2.47. The molecule has 5 rings (SSSR count). The Morgan fingerprint density at radius 2 is 1.67 bits per heavy atom. The van der Waals surface area contributed by atoms with Crippen LogP contribution in [0.15, 0.2) is 24.3 Å². The van der Waals surface area contributed by atoms with Gasteiger partial charge in [0, 0.05) is 22.1 Å². The van der Waals surface area contributed by atoms with E-state index in [1.807, 2.05) is 24.3 Å². The van der Waals surface area contributed by atoms with Crippen LogP contribution in [0.5, 0.6) is 0 Å². The number of nitrogens with one attached hydrogen (secondary N) is 2. The fourth-order valence-electron chi connectivity index (χ4n) is 7.61. The number of carbonyl (C=O) groups excluding carboxylic acids is 1. The zero-order chi connectivity index (χ0) is 32.1. The van der Waals surface area contributed by atoms with Crippen molar-refractivity contribution in [3.8, 4) is 11.4 Å². The second-order valence-corrected chi connectivity index (χ2v) is 14.9. The quantitative estimate of drug-likeness (QED) is 0.0977. The van der Waals surface area contributed by atoms with Crippen LogP contribution in [-0.4, -0.2) is 45.2 Å². The van der Waals surface area contributed by atoms with E-state index in [0.29, 0.717) is 29.8 Å². The van der Waals surface area contributed by atoms with E-state index < -0.39 is 0 Å². The van der Waals surface area contributed by atoms with Gasteiger partial charge in [-0.3, -0.25) is 9.89 Å². The van der Waals surface area contributed by atoms with Gasteiger partial charge in [-0.2, -0.15) is 4.63 Å². The van der Waals surface area contributed by atoms with Gasteiger partial charge >= 0.3 is 5.97 Å². The zero-order valence-electron chi connectivity index (χ0n) is 28.1. The summed E-state index contributed by atoms with van der Waals surface area (Å²) in [6.45, 7) is 11.9. The Hall–Kier alpha value is -2.58. The molecule has 0 unspecified atom stereocenters. The molecular formula is C36H54ClN5O3. The third-order valence-corrected chi connectivity index (χ3v) is 10.8. The van der Waals surface area contributed by atoms with E-state index in [2.05, 4.69) is 55.1 Å². The molecule has 1 aromatic carbocycles. The molecule has 1 aliphatic heterocycles. The smallest absolute Gasteiger partial charge is 0.312 e. The van der Waals surface area contributed by atoms with Crippen LogP contribution in [0.25, 0.3) is 17.0 Å². The Labute approximate surface area is 274 Å². The number of nitrogens with zero attached hydrogens (tertiary/aromatic N) is 3. The number of H-pyrrole nitrogens is 1. The van der Waals surface area contributed by atoms with Gasteiger partial charge in [0.05, 0.1) is 23.8 Å². The van der Waals surface area contributed by atoms with E-state index in [1.54, 1.807) is 4.63 Å². The molecule has 45 heavy (non-hydrogen) atoms. The maximum absolute atomic E-state index is 13.4. The number of carbonyl (C=O) groups is 1. The number of benzene rings is 1. The number of rotatable bonds is 15. The summed E-state index contributed by atoms with van der Waals surface area (Å²) in [7, 11) is 0. The van der Waals surface area contributed by atoms with E-state index >= 15 is 0 Å². The van der Waals surface area contributed by atoms with Crippen molar-refractivity contribution in [3.05, 3.63) is 35.0 Å². The number of halogens is 1. The van der Waals surface area contributed by atoms with Crippen LogP contribution in [-0.2, 0) is 19.7 Å². The molecule has 1 saturated carbocycles. The van der Waals surface area contributed by atoms with E-state index in [1.165, 1.54) is 51.4 Å². The molecule has 0 bridgehead atoms. The Morgan fingerprint density at radius 3 is 2.24 bits per heavy atom. The number of fused-ring (bicyclic) bond motifs is 1. The molecule has 2 N–H and O–H groups in total. The van der Waals surface area contributed by atoms with Crippen LogP contribution in [0.4, 0.5) is 5.69 Å². The van der Waals surface area contributed by atoms with Gasteiger partial charge in [-0.25, -0.2) is 4.98 Å². The topological polar surface area (TPSA) is 93.5 Å². The molecule has 2 aliphatic rings. The van der Waals surface area contributed by atoms with Gasteiger partial charge in [0.25, 0.3) is 0 Å². The van der Waals surface area contributed by atoms with Crippen LogP contribution < -0.4 is 5.32 Å². The molecule has 2 fully saturated rings. The minimum absolute atomic E-state index is 0.00678. The van der Waals surface area contributed by atoms with Crippen LogP contribution in [0.1, 0.15) is 130 Å². The van der Waals surface area contributed by atoms with Crippen molar-refractivity contribution >= 4 is 28.9 Å². The van der Waals surface area contributed by atoms with Crippen molar-refractivity contribution in [2.24, 2.45) is 10.8 Å². The predicted octanol–water partition coefficient (Wildman–Crippen LogP) is 9.47. The zero-order valence-corrected chi connectivity index (χ0v) is 28.9. The lowest BCUT2D eigenvalue weighted by molar-refractivity contribution is -0.151. The Balaban J connectivity index is 1.14. The van der Waals surface area contributed by atoms with Crippen molar-refractivity contribution in [1.82, 2.24) is 19.8 Å². The third-order valence-electron chi connectivity index (χ3n) is 10.4. The highest BCUT2D eigenvalue weighted by Crippen LogP contribution is 2.59. The summed E-state index contributed by atoms with van der Waals surface area (Å²) < 4.78 is 13.9. The molecule has 1 aliphatic carbocycles. The van der Waals surface area contributed by atoms with Crippen LogP contribution in [0.3, 0.4) is 0 Å². The molecule has 2 aromatic heterocycles. The number of hydrogen-bond acceptors (Lipinski definition) is 6. The molecule has 3 heterocycles. The highest BCUT2D eigenvalue weighted by Gasteiger charge is 2.62. The fraction of sp³-hybridized carbons (Fsp3) is 0.694. The second-order valence-electron chi connectivity index (χ2n) is 14.5. The van der Waals surface area contributed by atoms with Gasteiger partial charge in [0.2, 0.25) is 0 Å². The summed E-state index contributed by atoms with van der Waals surface area (Å²) in [6.07, 6.45) is 15.8. The van der Waals surface area contributed by atoms with E-state index in [9.17, 15) is 4.79 Å². The number of esters is 1. The number of cyclic esters (lactones) is 1. The third kappa shape index (κ3) is 7.22. The molecule has 1 saturated heterocycles. The standard InChI is InChI=1S/C36H54ClN5O3/c1-6-8-10-12-20-35(21-13-11-9-7-2)24-44-33(43)36(35)22-18-28(19-23-36)45-25-38-27-16-14-26(15-17-27)31-39-32-29(37)30(34(3,4)5)40-42(32)41-31/h14-17,28,38,40H,6-13,18-25H2,1-5H3. The molecule has 248 valence electrons. The molecule has 0 atom stereocenters. The van der Waals surface area contributed by atoms with E-state index in [0.717, 1.165) is 55.5 Å². The first kappa shape index (κ1) is 33.8. The normalized spacial score (nSPS) is 21.6. The number of hydrogen-bond donors (Lipinski definition) is 2. The summed E-state index contributed by atoms with van der Waals surface area (Å²) in [5.74, 6) is 0.686. The summed E-state index contributed by atoms with van der Waals surface area (Å²) in [6, 6.07) is 8.05. The van der Waals surface area contributed by atoms with Crippen molar-refractivity contribution < 1.29 is 14.3 Å². The molecule has 8 nitrogen and oxygen atoms in total. The minimum atomic E-state index is -0.334. The molecular weight excluding hydrogens is 586 g/mol. The first-order valence-corrected chi connectivity index (χ1v) is 17.8.